The van der Waals surface area contributed by atoms with Crippen LogP contribution in [-0.4, -0.2) is 21.2 Å². The molecule has 1 aromatic carbocycles. The molecule has 0 saturated carbocycles. The molecular weight excluding hydrogens is 288 g/mol. The molecule has 1 amide bonds. The second-order valence-corrected chi connectivity index (χ2v) is 4.72. The van der Waals surface area contributed by atoms with Crippen molar-refractivity contribution in [1.29, 1.82) is 0 Å². The van der Waals surface area contributed by atoms with E-state index in [4.69, 9.17) is 5.73 Å². The van der Waals surface area contributed by atoms with E-state index in [2.05, 4.69) is 4.98 Å². The lowest BCUT2D eigenvalue weighted by Crippen LogP contribution is -2.22. The second kappa shape index (κ2) is 5.83. The monoisotopic (exact) mass is 297 g/mol. The average molecular weight is 297 g/mol. The highest BCUT2D eigenvalue weighted by Gasteiger charge is 2.10. The van der Waals surface area contributed by atoms with Crippen LogP contribution < -0.4 is 11.3 Å². The molecule has 2 aromatic rings. The first kappa shape index (κ1) is 14.2. The summed E-state index contributed by atoms with van der Waals surface area (Å²) in [6.45, 7) is 0. The highest BCUT2D eigenvalue weighted by molar-refractivity contribution is 7.99. The molecule has 104 valence electrons. The molecule has 0 atom stereocenters. The summed E-state index contributed by atoms with van der Waals surface area (Å²) in [5.74, 6) is -2.74. The van der Waals surface area contributed by atoms with Crippen molar-refractivity contribution in [1.82, 2.24) is 9.55 Å². The van der Waals surface area contributed by atoms with Gasteiger partial charge in [-0.25, -0.2) is 13.8 Å². The molecule has 1 heterocycles. The number of amides is 1. The molecular formula is C12H9F2N3O2S. The number of thioether (sulfide) groups is 1. The number of aromatic nitrogens is 2. The SMILES string of the molecule is NC(=O)CSc1nccn(-c2ccc(F)c(F)c2)c1=O. The van der Waals surface area contributed by atoms with Crippen LogP contribution in [0.15, 0.2) is 40.4 Å². The summed E-state index contributed by atoms with van der Waals surface area (Å²) < 4.78 is 27.2. The largest absolute Gasteiger partial charge is 0.369 e. The zero-order chi connectivity index (χ0) is 14.7. The van der Waals surface area contributed by atoms with Crippen molar-refractivity contribution in [3.63, 3.8) is 0 Å². The molecule has 0 unspecified atom stereocenters. The number of nitrogens with two attached hydrogens (primary N) is 1. The zero-order valence-electron chi connectivity index (χ0n) is 10.0. The van der Waals surface area contributed by atoms with Crippen molar-refractivity contribution >= 4 is 17.7 Å². The highest BCUT2D eigenvalue weighted by Crippen LogP contribution is 2.14. The van der Waals surface area contributed by atoms with Crippen molar-refractivity contribution < 1.29 is 13.6 Å². The second-order valence-electron chi connectivity index (χ2n) is 3.76. The lowest BCUT2D eigenvalue weighted by Gasteiger charge is -2.07. The number of benzene rings is 1. The highest BCUT2D eigenvalue weighted by atomic mass is 32.2. The topological polar surface area (TPSA) is 78.0 Å². The van der Waals surface area contributed by atoms with Gasteiger partial charge in [0.15, 0.2) is 16.7 Å². The van der Waals surface area contributed by atoms with Gasteiger partial charge in [-0.1, -0.05) is 11.8 Å². The third-order valence-electron chi connectivity index (χ3n) is 2.34. The lowest BCUT2D eigenvalue weighted by molar-refractivity contribution is -0.115. The smallest absolute Gasteiger partial charge is 0.287 e. The molecule has 2 N–H and O–H groups in total. The maximum atomic E-state index is 13.2. The quantitative estimate of drug-likeness (QED) is 0.857. The summed E-state index contributed by atoms with van der Waals surface area (Å²) in [5.41, 5.74) is 4.62. The Bertz CT molecular complexity index is 718. The molecule has 8 heteroatoms. The number of nitrogens with zero attached hydrogens (tertiary/aromatic N) is 2. The van der Waals surface area contributed by atoms with E-state index in [1.54, 1.807) is 0 Å². The van der Waals surface area contributed by atoms with Gasteiger partial charge in [0.05, 0.1) is 11.4 Å². The van der Waals surface area contributed by atoms with E-state index < -0.39 is 23.1 Å². The zero-order valence-corrected chi connectivity index (χ0v) is 10.9. The van der Waals surface area contributed by atoms with Gasteiger partial charge in [-0.3, -0.25) is 14.2 Å². The van der Waals surface area contributed by atoms with Gasteiger partial charge in [-0.2, -0.15) is 0 Å². The Kier molecular flexibility index (Phi) is 4.14. The van der Waals surface area contributed by atoms with E-state index in [-0.39, 0.29) is 16.5 Å². The van der Waals surface area contributed by atoms with Gasteiger partial charge in [0.1, 0.15) is 0 Å². The van der Waals surface area contributed by atoms with E-state index in [0.29, 0.717) is 0 Å². The number of primary amides is 1. The Labute approximate surface area is 116 Å². The lowest BCUT2D eigenvalue weighted by atomic mass is 10.3. The number of hydrogen-bond donors (Lipinski definition) is 1. The minimum absolute atomic E-state index is 0.0519. The molecule has 0 radical (unpaired) electrons. The predicted octanol–water partition coefficient (Wildman–Crippen LogP) is 1.09. The minimum Gasteiger partial charge on any atom is -0.369 e. The van der Waals surface area contributed by atoms with Crippen molar-refractivity contribution in [2.24, 2.45) is 5.73 Å². The van der Waals surface area contributed by atoms with Gasteiger partial charge >= 0.3 is 0 Å². The summed E-state index contributed by atoms with van der Waals surface area (Å²) in [6.07, 6.45) is 2.65. The molecule has 0 aliphatic heterocycles. The Hall–Kier alpha value is -2.22. The first-order chi connectivity index (χ1) is 9.49. The van der Waals surface area contributed by atoms with E-state index >= 15 is 0 Å². The van der Waals surface area contributed by atoms with Gasteiger partial charge in [-0.05, 0) is 12.1 Å². The summed E-state index contributed by atoms with van der Waals surface area (Å²) in [5, 5.41) is 0.0519. The summed E-state index contributed by atoms with van der Waals surface area (Å²) >= 11 is 0.885. The van der Waals surface area contributed by atoms with Crippen LogP contribution in [0.1, 0.15) is 0 Å². The van der Waals surface area contributed by atoms with Crippen LogP contribution in [0.4, 0.5) is 8.78 Å². The van der Waals surface area contributed by atoms with Crippen molar-refractivity contribution in [2.45, 2.75) is 5.03 Å². The Morgan fingerprint density at radius 1 is 1.35 bits per heavy atom. The van der Waals surface area contributed by atoms with Crippen LogP contribution in [0.2, 0.25) is 0 Å². The van der Waals surface area contributed by atoms with Crippen LogP contribution in [-0.2, 0) is 4.79 Å². The van der Waals surface area contributed by atoms with Crippen LogP contribution in [0.5, 0.6) is 0 Å². The van der Waals surface area contributed by atoms with Crippen LogP contribution >= 0.6 is 11.8 Å². The van der Waals surface area contributed by atoms with Crippen molar-refractivity contribution in [3.8, 4) is 5.69 Å². The third-order valence-corrected chi connectivity index (χ3v) is 3.32. The fraction of sp³-hybridized carbons (Fsp3) is 0.0833. The summed E-state index contributed by atoms with van der Waals surface area (Å²) in [6, 6.07) is 3.09. The fourth-order valence-corrected chi connectivity index (χ4v) is 2.11. The van der Waals surface area contributed by atoms with E-state index in [0.717, 1.165) is 28.5 Å². The maximum Gasteiger partial charge on any atom is 0.287 e. The number of carbonyl (C=O) groups excluding carboxylic acids is 1. The molecule has 0 fully saturated rings. The number of carbonyl (C=O) groups is 1. The van der Waals surface area contributed by atoms with Gasteiger partial charge < -0.3 is 5.73 Å². The average Bonchev–Trinajstić information content (AvgIpc) is 2.41. The molecule has 0 aliphatic rings. The summed E-state index contributed by atoms with van der Waals surface area (Å²) in [4.78, 5) is 26.6. The minimum atomic E-state index is -1.06. The fourth-order valence-electron chi connectivity index (χ4n) is 1.47. The Morgan fingerprint density at radius 3 is 2.75 bits per heavy atom. The molecule has 0 spiro atoms. The van der Waals surface area contributed by atoms with E-state index in [1.807, 2.05) is 0 Å². The first-order valence-corrected chi connectivity index (χ1v) is 6.42. The normalized spacial score (nSPS) is 10.5. The van der Waals surface area contributed by atoms with Gasteiger partial charge in [0.2, 0.25) is 5.91 Å². The predicted molar refractivity (Wildman–Crippen MR) is 69.7 cm³/mol. The molecule has 0 aliphatic carbocycles. The summed E-state index contributed by atoms with van der Waals surface area (Å²) in [7, 11) is 0. The third kappa shape index (κ3) is 3.02. The van der Waals surface area contributed by atoms with Crippen molar-refractivity contribution in [3.05, 3.63) is 52.6 Å². The van der Waals surface area contributed by atoms with Gasteiger partial charge in [0, 0.05) is 18.5 Å². The molecule has 2 rings (SSSR count). The van der Waals surface area contributed by atoms with Crippen LogP contribution in [0, 0.1) is 11.6 Å². The molecule has 1 aromatic heterocycles. The molecule has 20 heavy (non-hydrogen) atoms. The van der Waals surface area contributed by atoms with E-state index in [1.165, 1.54) is 18.5 Å². The van der Waals surface area contributed by atoms with E-state index in [9.17, 15) is 18.4 Å². The number of hydrogen-bond acceptors (Lipinski definition) is 4. The number of rotatable bonds is 4. The Morgan fingerprint density at radius 2 is 2.10 bits per heavy atom. The molecule has 0 bridgehead atoms. The first-order valence-electron chi connectivity index (χ1n) is 5.43. The molecule has 0 saturated heterocycles. The standard InChI is InChI=1S/C12H9F2N3O2S/c13-8-2-1-7(5-9(8)14)17-4-3-16-11(12(17)19)20-6-10(15)18/h1-5H,6H2,(H2,15,18). The molecule has 5 nitrogen and oxygen atoms in total. The van der Waals surface area contributed by atoms with Crippen molar-refractivity contribution in [2.75, 3.05) is 5.75 Å². The van der Waals surface area contributed by atoms with Crippen LogP contribution in [0.3, 0.4) is 0 Å². The van der Waals surface area contributed by atoms with Gasteiger partial charge in [0.25, 0.3) is 5.56 Å². The van der Waals surface area contributed by atoms with Gasteiger partial charge in [-0.15, -0.1) is 0 Å². The van der Waals surface area contributed by atoms with Crippen LogP contribution in [0.25, 0.3) is 5.69 Å². The number of halogens is 2. The Balaban J connectivity index is 2.42. The maximum absolute atomic E-state index is 13.2.